The Balaban J connectivity index is 2.83. The van der Waals surface area contributed by atoms with Crippen molar-refractivity contribution < 1.29 is 9.13 Å². The van der Waals surface area contributed by atoms with Gasteiger partial charge in [0.2, 0.25) is 0 Å². The zero-order chi connectivity index (χ0) is 5.70. The van der Waals surface area contributed by atoms with Gasteiger partial charge in [-0.2, -0.15) is 0 Å². The number of halogens is 1. The summed E-state index contributed by atoms with van der Waals surface area (Å²) in [7, 11) is 1.50. The van der Waals surface area contributed by atoms with Crippen LogP contribution in [0.3, 0.4) is 0 Å². The van der Waals surface area contributed by atoms with E-state index in [1.807, 2.05) is 0 Å². The zero-order valence-electron chi connectivity index (χ0n) is 4.78. The van der Waals surface area contributed by atoms with E-state index in [0.29, 0.717) is 6.42 Å². The zero-order valence-corrected chi connectivity index (χ0v) is 4.78. The van der Waals surface area contributed by atoms with E-state index in [4.69, 9.17) is 0 Å². The van der Waals surface area contributed by atoms with E-state index in [2.05, 4.69) is 4.74 Å². The van der Waals surface area contributed by atoms with Crippen LogP contribution >= 0.6 is 0 Å². The predicted octanol–water partition coefficient (Wildman–Crippen LogP) is 1.38. The minimum atomic E-state index is -0.773. The Hall–Kier alpha value is -0.110. The molecule has 1 atom stereocenters. The van der Waals surface area contributed by atoms with Crippen LogP contribution in [-0.2, 0) is 4.74 Å². The molecule has 0 saturated carbocycles. The summed E-state index contributed by atoms with van der Waals surface area (Å²) in [6.45, 7) is 2.03. The first-order chi connectivity index (χ1) is 3.31. The topological polar surface area (TPSA) is 9.23 Å². The van der Waals surface area contributed by atoms with Crippen LogP contribution < -0.4 is 0 Å². The van der Waals surface area contributed by atoms with Gasteiger partial charge < -0.3 is 4.74 Å². The number of rotatable bonds is 3. The molecule has 0 rings (SSSR count). The number of ether oxygens (including phenoxy) is 1. The van der Waals surface area contributed by atoms with Crippen molar-refractivity contribution in [3.05, 3.63) is 0 Å². The Labute approximate surface area is 43.5 Å². The lowest BCUT2D eigenvalue weighted by molar-refractivity contribution is 0.122. The Bertz CT molecular complexity index is 39.1. The van der Waals surface area contributed by atoms with Gasteiger partial charge in [0.1, 0.15) is 6.17 Å². The molecule has 0 saturated heterocycles. The fourth-order valence-corrected chi connectivity index (χ4v) is 0.299. The quantitative estimate of drug-likeness (QED) is 0.528. The summed E-state index contributed by atoms with van der Waals surface area (Å²) < 4.78 is 16.5. The summed E-state index contributed by atoms with van der Waals surface area (Å²) in [5.41, 5.74) is 0. The Morgan fingerprint density at radius 1 is 1.71 bits per heavy atom. The van der Waals surface area contributed by atoms with Gasteiger partial charge in [0, 0.05) is 7.11 Å². The normalized spacial score (nSPS) is 14.1. The number of hydrogen-bond donors (Lipinski definition) is 0. The summed E-state index contributed by atoms with van der Waals surface area (Å²) in [5.74, 6) is 0. The molecule has 1 nitrogen and oxygen atoms in total. The van der Waals surface area contributed by atoms with Crippen LogP contribution in [-0.4, -0.2) is 19.9 Å². The maximum absolute atomic E-state index is 12.0. The minimum Gasteiger partial charge on any atom is -0.382 e. The lowest BCUT2D eigenvalue weighted by atomic mass is 10.3. The fraction of sp³-hybridized carbons (Fsp3) is 1.00. The molecule has 0 amide bonds. The second kappa shape index (κ2) is 4.06. The first kappa shape index (κ1) is 6.89. The maximum atomic E-state index is 12.0. The molecule has 0 bridgehead atoms. The summed E-state index contributed by atoms with van der Waals surface area (Å²) in [5, 5.41) is 0. The summed E-state index contributed by atoms with van der Waals surface area (Å²) in [4.78, 5) is 0. The van der Waals surface area contributed by atoms with Gasteiger partial charge in [0.05, 0.1) is 6.61 Å². The molecular formula is C5H11FO. The highest BCUT2D eigenvalue weighted by molar-refractivity contribution is 4.46. The van der Waals surface area contributed by atoms with Gasteiger partial charge in [-0.3, -0.25) is 0 Å². The van der Waals surface area contributed by atoms with Crippen molar-refractivity contribution in [1.82, 2.24) is 0 Å². The molecule has 2 heteroatoms. The Morgan fingerprint density at radius 3 is 2.43 bits per heavy atom. The van der Waals surface area contributed by atoms with Gasteiger partial charge in [-0.15, -0.1) is 0 Å². The molecule has 0 N–H and O–H groups in total. The molecule has 0 aliphatic rings. The number of alkyl halides is 1. The van der Waals surface area contributed by atoms with Crippen LogP contribution in [0, 0.1) is 0 Å². The van der Waals surface area contributed by atoms with E-state index >= 15 is 0 Å². The molecule has 0 unspecified atom stereocenters. The van der Waals surface area contributed by atoms with E-state index in [9.17, 15) is 4.39 Å². The third-order valence-corrected chi connectivity index (χ3v) is 0.790. The van der Waals surface area contributed by atoms with E-state index in [-0.39, 0.29) is 6.61 Å². The van der Waals surface area contributed by atoms with E-state index in [1.54, 1.807) is 6.92 Å². The molecule has 44 valence electrons. The minimum absolute atomic E-state index is 0.233. The molecule has 7 heavy (non-hydrogen) atoms. The van der Waals surface area contributed by atoms with Gasteiger partial charge in [-0.25, -0.2) is 4.39 Å². The Kier molecular flexibility index (Phi) is 4.00. The van der Waals surface area contributed by atoms with Crippen molar-refractivity contribution in [1.29, 1.82) is 0 Å². The van der Waals surface area contributed by atoms with Gasteiger partial charge in [-0.1, -0.05) is 6.92 Å². The molecule has 0 aliphatic carbocycles. The maximum Gasteiger partial charge on any atom is 0.123 e. The molecule has 0 heterocycles. The van der Waals surface area contributed by atoms with Crippen molar-refractivity contribution in [2.45, 2.75) is 19.5 Å². The summed E-state index contributed by atoms with van der Waals surface area (Å²) >= 11 is 0. The van der Waals surface area contributed by atoms with Crippen molar-refractivity contribution in [3.63, 3.8) is 0 Å². The Morgan fingerprint density at radius 2 is 2.29 bits per heavy atom. The smallest absolute Gasteiger partial charge is 0.123 e. The fourth-order valence-electron chi connectivity index (χ4n) is 0.299. The molecule has 0 aromatic rings. The predicted molar refractivity (Wildman–Crippen MR) is 27.1 cm³/mol. The third kappa shape index (κ3) is 3.73. The molecule has 0 spiro atoms. The number of hydrogen-bond acceptors (Lipinski definition) is 1. The van der Waals surface area contributed by atoms with E-state index in [0.717, 1.165) is 0 Å². The second-order valence-corrected chi connectivity index (χ2v) is 1.46. The van der Waals surface area contributed by atoms with Crippen molar-refractivity contribution in [3.8, 4) is 0 Å². The average molecular weight is 106 g/mol. The van der Waals surface area contributed by atoms with Gasteiger partial charge in [0.15, 0.2) is 0 Å². The first-order valence-electron chi connectivity index (χ1n) is 2.44. The average Bonchev–Trinajstić information content (AvgIpc) is 1.68. The second-order valence-electron chi connectivity index (χ2n) is 1.46. The largest absolute Gasteiger partial charge is 0.382 e. The van der Waals surface area contributed by atoms with Gasteiger partial charge in [-0.05, 0) is 6.42 Å². The van der Waals surface area contributed by atoms with Crippen LogP contribution in [0.2, 0.25) is 0 Å². The number of methoxy groups -OCH3 is 1. The molecule has 0 aromatic heterocycles. The van der Waals surface area contributed by atoms with Crippen LogP contribution in [0.5, 0.6) is 0 Å². The summed E-state index contributed by atoms with van der Waals surface area (Å²) in [6, 6.07) is 0. The molecule has 0 aromatic carbocycles. The highest BCUT2D eigenvalue weighted by Crippen LogP contribution is 1.94. The van der Waals surface area contributed by atoms with E-state index < -0.39 is 6.17 Å². The van der Waals surface area contributed by atoms with Crippen LogP contribution in [0.25, 0.3) is 0 Å². The first-order valence-corrected chi connectivity index (χ1v) is 2.44. The molecule has 0 radical (unpaired) electrons. The van der Waals surface area contributed by atoms with E-state index in [1.165, 1.54) is 7.11 Å². The van der Waals surface area contributed by atoms with Crippen molar-refractivity contribution in [2.24, 2.45) is 0 Å². The van der Waals surface area contributed by atoms with Gasteiger partial charge >= 0.3 is 0 Å². The van der Waals surface area contributed by atoms with Crippen LogP contribution in [0.4, 0.5) is 4.39 Å². The van der Waals surface area contributed by atoms with Crippen LogP contribution in [0.1, 0.15) is 13.3 Å². The lowest BCUT2D eigenvalue weighted by Gasteiger charge is -1.99. The molecule has 0 aliphatic heterocycles. The van der Waals surface area contributed by atoms with Crippen molar-refractivity contribution in [2.75, 3.05) is 13.7 Å². The summed E-state index contributed by atoms with van der Waals surface area (Å²) in [6.07, 6.45) is -0.224. The standard InChI is InChI=1S/C5H11FO/c1-3-5(6)4-7-2/h5H,3-4H2,1-2H3/t5-/m1/s1. The molecular weight excluding hydrogens is 95.1 g/mol. The SMILES string of the molecule is CC[C@@H](F)COC. The highest BCUT2D eigenvalue weighted by Gasteiger charge is 1.98. The van der Waals surface area contributed by atoms with Gasteiger partial charge in [0.25, 0.3) is 0 Å². The highest BCUT2D eigenvalue weighted by atomic mass is 19.1. The third-order valence-electron chi connectivity index (χ3n) is 0.790. The lowest BCUT2D eigenvalue weighted by Crippen LogP contribution is -2.05. The monoisotopic (exact) mass is 106 g/mol. The molecule has 0 fully saturated rings. The van der Waals surface area contributed by atoms with Crippen LogP contribution in [0.15, 0.2) is 0 Å². The van der Waals surface area contributed by atoms with Crippen molar-refractivity contribution >= 4 is 0 Å².